The Morgan fingerprint density at radius 2 is 1.24 bits per heavy atom. The Hall–Kier alpha value is -3.96. The maximum Gasteiger partial charge on any atom is 0.326 e. The first-order valence-corrected chi connectivity index (χ1v) is 11.8. The second-order valence-corrected chi connectivity index (χ2v) is 9.03. The normalized spacial score (nSPS) is 14.2. The van der Waals surface area contributed by atoms with Gasteiger partial charge < -0.3 is 37.0 Å². The number of carbonyl (C=O) groups excluding carboxylic acids is 3. The van der Waals surface area contributed by atoms with Crippen LogP contribution in [-0.2, 0) is 32.0 Å². The number of benzene rings is 2. The number of aliphatic carboxylic acids is 1. The van der Waals surface area contributed by atoms with E-state index in [0.29, 0.717) is 11.1 Å². The average molecular weight is 515 g/mol. The average Bonchev–Trinajstić information content (AvgIpc) is 2.87. The van der Waals surface area contributed by atoms with Gasteiger partial charge in [-0.2, -0.15) is 0 Å². The summed E-state index contributed by atoms with van der Waals surface area (Å²) in [7, 11) is 0. The van der Waals surface area contributed by atoms with Crippen molar-refractivity contribution < 1.29 is 34.5 Å². The molecule has 0 bridgehead atoms. The van der Waals surface area contributed by atoms with Crippen molar-refractivity contribution in [2.24, 2.45) is 11.7 Å². The number of nitrogens with two attached hydrogens (primary N) is 1. The first-order chi connectivity index (χ1) is 17.5. The molecule has 0 aliphatic rings. The molecule has 0 saturated heterocycles. The highest BCUT2D eigenvalue weighted by atomic mass is 16.4. The molecule has 3 amide bonds. The van der Waals surface area contributed by atoms with Gasteiger partial charge in [0.15, 0.2) is 0 Å². The number of phenolic OH excluding ortho intramolecular Hbond substituents is 1. The lowest BCUT2D eigenvalue weighted by Crippen LogP contribution is -2.59. The molecule has 2 aromatic rings. The summed E-state index contributed by atoms with van der Waals surface area (Å²) >= 11 is 0. The zero-order valence-electron chi connectivity index (χ0n) is 20.8. The molecule has 11 nitrogen and oxygen atoms in total. The van der Waals surface area contributed by atoms with Crippen LogP contribution in [0.3, 0.4) is 0 Å². The highest BCUT2D eigenvalue weighted by Gasteiger charge is 2.30. The van der Waals surface area contributed by atoms with Gasteiger partial charge in [-0.25, -0.2) is 4.79 Å². The van der Waals surface area contributed by atoms with E-state index in [2.05, 4.69) is 16.0 Å². The van der Waals surface area contributed by atoms with Crippen molar-refractivity contribution in [2.75, 3.05) is 6.61 Å². The van der Waals surface area contributed by atoms with Crippen LogP contribution in [0, 0.1) is 5.92 Å². The fraction of sp³-hybridized carbons (Fsp3) is 0.385. The SMILES string of the molecule is CC(C)C(N)C(=O)NC(CO)C(=O)NC(Cc1ccccc1)C(=O)NC(Cc1ccc(O)cc1)C(=O)O. The number of amides is 3. The number of aliphatic hydroxyl groups excluding tert-OH is 1. The second kappa shape index (κ2) is 14.0. The van der Waals surface area contributed by atoms with E-state index in [1.165, 1.54) is 24.3 Å². The number of carboxylic acids is 1. The third kappa shape index (κ3) is 9.21. The van der Waals surface area contributed by atoms with E-state index in [0.717, 1.165) is 0 Å². The van der Waals surface area contributed by atoms with Gasteiger partial charge >= 0.3 is 5.97 Å². The maximum atomic E-state index is 13.2. The molecular weight excluding hydrogens is 480 g/mol. The molecule has 4 unspecified atom stereocenters. The van der Waals surface area contributed by atoms with Gasteiger partial charge in [-0.3, -0.25) is 14.4 Å². The van der Waals surface area contributed by atoms with Gasteiger partial charge in [0, 0.05) is 12.8 Å². The summed E-state index contributed by atoms with van der Waals surface area (Å²) in [5.74, 6) is -3.69. The summed E-state index contributed by atoms with van der Waals surface area (Å²) in [4.78, 5) is 50.2. The molecule has 2 rings (SSSR count). The monoisotopic (exact) mass is 514 g/mol. The van der Waals surface area contributed by atoms with Gasteiger partial charge in [-0.05, 0) is 29.2 Å². The lowest BCUT2D eigenvalue weighted by atomic mass is 10.0. The van der Waals surface area contributed by atoms with Gasteiger partial charge in [0.2, 0.25) is 17.7 Å². The highest BCUT2D eigenvalue weighted by Crippen LogP contribution is 2.12. The van der Waals surface area contributed by atoms with Crippen LogP contribution in [0.25, 0.3) is 0 Å². The number of nitrogens with one attached hydrogen (secondary N) is 3. The van der Waals surface area contributed by atoms with Crippen molar-refractivity contribution >= 4 is 23.7 Å². The largest absolute Gasteiger partial charge is 0.508 e. The Morgan fingerprint density at radius 1 is 0.757 bits per heavy atom. The van der Waals surface area contributed by atoms with E-state index in [1.54, 1.807) is 44.2 Å². The second-order valence-electron chi connectivity index (χ2n) is 9.03. The van der Waals surface area contributed by atoms with Crippen molar-refractivity contribution in [3.8, 4) is 5.75 Å². The molecule has 8 N–H and O–H groups in total. The fourth-order valence-corrected chi connectivity index (χ4v) is 3.44. The van der Waals surface area contributed by atoms with E-state index in [-0.39, 0.29) is 24.5 Å². The topological polar surface area (TPSA) is 191 Å². The van der Waals surface area contributed by atoms with Gasteiger partial charge in [-0.1, -0.05) is 56.3 Å². The summed E-state index contributed by atoms with van der Waals surface area (Å²) < 4.78 is 0. The number of carboxylic acid groups (broad SMARTS) is 1. The fourth-order valence-electron chi connectivity index (χ4n) is 3.44. The van der Waals surface area contributed by atoms with E-state index in [1.807, 2.05) is 0 Å². The van der Waals surface area contributed by atoms with E-state index < -0.39 is 54.5 Å². The van der Waals surface area contributed by atoms with E-state index in [4.69, 9.17) is 5.73 Å². The zero-order valence-corrected chi connectivity index (χ0v) is 20.8. The molecule has 2 aromatic carbocycles. The molecule has 0 fully saturated rings. The predicted molar refractivity (Wildman–Crippen MR) is 135 cm³/mol. The summed E-state index contributed by atoms with van der Waals surface area (Å²) in [6.07, 6.45) is -0.0304. The number of carbonyl (C=O) groups is 4. The number of hydrogen-bond donors (Lipinski definition) is 7. The molecule has 0 radical (unpaired) electrons. The lowest BCUT2D eigenvalue weighted by molar-refractivity contribution is -0.142. The van der Waals surface area contributed by atoms with Crippen LogP contribution in [-0.4, -0.2) is 69.8 Å². The minimum Gasteiger partial charge on any atom is -0.508 e. The van der Waals surface area contributed by atoms with Crippen molar-refractivity contribution in [2.45, 2.75) is 50.9 Å². The van der Waals surface area contributed by atoms with Crippen LogP contribution in [0.15, 0.2) is 54.6 Å². The van der Waals surface area contributed by atoms with Crippen LogP contribution in [0.1, 0.15) is 25.0 Å². The zero-order chi connectivity index (χ0) is 27.5. The van der Waals surface area contributed by atoms with E-state index in [9.17, 15) is 34.5 Å². The minimum atomic E-state index is -1.37. The summed E-state index contributed by atoms with van der Waals surface area (Å²) in [5.41, 5.74) is 7.07. The Labute approximate surface area is 215 Å². The molecule has 0 aliphatic carbocycles. The summed E-state index contributed by atoms with van der Waals surface area (Å²) in [5, 5.41) is 36.2. The van der Waals surface area contributed by atoms with E-state index >= 15 is 0 Å². The molecule has 0 aromatic heterocycles. The van der Waals surface area contributed by atoms with Crippen molar-refractivity contribution in [3.05, 3.63) is 65.7 Å². The lowest BCUT2D eigenvalue weighted by Gasteiger charge is -2.25. The van der Waals surface area contributed by atoms with Crippen LogP contribution in [0.2, 0.25) is 0 Å². The molecule has 37 heavy (non-hydrogen) atoms. The van der Waals surface area contributed by atoms with Gasteiger partial charge in [0.05, 0.1) is 12.6 Å². The first-order valence-electron chi connectivity index (χ1n) is 11.8. The Kier molecular flexibility index (Phi) is 11.0. The Balaban J connectivity index is 2.20. The summed E-state index contributed by atoms with van der Waals surface area (Å²) in [6, 6.07) is 9.87. The number of aromatic hydroxyl groups is 1. The predicted octanol–water partition coefficient (Wildman–Crippen LogP) is -0.308. The molecular formula is C26H34N4O7. The van der Waals surface area contributed by atoms with Crippen LogP contribution in [0.4, 0.5) is 0 Å². The standard InChI is InChI=1S/C26H34N4O7/c1-15(2)22(27)25(35)30-21(14-31)24(34)28-19(12-16-6-4-3-5-7-16)23(33)29-20(26(36)37)13-17-8-10-18(32)11-9-17/h3-11,15,19-22,31-32H,12-14,27H2,1-2H3,(H,28,34)(H,29,33)(H,30,35)(H,36,37). The minimum absolute atomic E-state index is 0.0187. The van der Waals surface area contributed by atoms with Crippen molar-refractivity contribution in [1.29, 1.82) is 0 Å². The molecule has 200 valence electrons. The maximum absolute atomic E-state index is 13.2. The van der Waals surface area contributed by atoms with Crippen LogP contribution in [0.5, 0.6) is 5.75 Å². The number of phenols is 1. The molecule has 0 aliphatic heterocycles. The molecule has 0 heterocycles. The number of rotatable bonds is 13. The Bertz CT molecular complexity index is 1060. The third-order valence-corrected chi connectivity index (χ3v) is 5.74. The van der Waals surface area contributed by atoms with Crippen molar-refractivity contribution in [3.63, 3.8) is 0 Å². The van der Waals surface area contributed by atoms with Crippen LogP contribution < -0.4 is 21.7 Å². The molecule has 0 saturated carbocycles. The van der Waals surface area contributed by atoms with Gasteiger partial charge in [0.1, 0.15) is 23.9 Å². The van der Waals surface area contributed by atoms with Crippen LogP contribution >= 0.6 is 0 Å². The first kappa shape index (κ1) is 29.3. The number of hydrogen-bond acceptors (Lipinski definition) is 7. The quantitative estimate of drug-likeness (QED) is 0.189. The third-order valence-electron chi connectivity index (χ3n) is 5.74. The Morgan fingerprint density at radius 3 is 1.78 bits per heavy atom. The molecule has 4 atom stereocenters. The highest BCUT2D eigenvalue weighted by molar-refractivity contribution is 5.94. The van der Waals surface area contributed by atoms with Crippen molar-refractivity contribution in [1.82, 2.24) is 16.0 Å². The van der Waals surface area contributed by atoms with Gasteiger partial charge in [0.25, 0.3) is 0 Å². The van der Waals surface area contributed by atoms with Gasteiger partial charge in [-0.15, -0.1) is 0 Å². The number of aliphatic hydroxyl groups is 1. The smallest absolute Gasteiger partial charge is 0.326 e. The molecule has 11 heteroatoms. The molecule has 0 spiro atoms. The summed E-state index contributed by atoms with van der Waals surface area (Å²) in [6.45, 7) is 2.73.